The fourth-order valence-electron chi connectivity index (χ4n) is 1.56. The van der Waals surface area contributed by atoms with Crippen LogP contribution in [-0.2, 0) is 0 Å². The minimum atomic E-state index is -0.853. The molecule has 1 rings (SSSR count). The minimum absolute atomic E-state index is 0.361. The van der Waals surface area contributed by atoms with Crippen molar-refractivity contribution in [3.05, 3.63) is 22.3 Å². The number of hydrogen-bond acceptors (Lipinski definition) is 4. The molecule has 0 aromatic carbocycles. The first-order valence-electron chi connectivity index (χ1n) is 5.22. The second kappa shape index (κ2) is 5.87. The summed E-state index contributed by atoms with van der Waals surface area (Å²) in [7, 11) is 3.81. The topological polar surface area (TPSA) is 48.4 Å². The Hall–Kier alpha value is -0.550. The molecule has 1 heterocycles. The number of rotatable bonds is 5. The van der Waals surface area contributed by atoms with E-state index in [1.54, 1.807) is 13.0 Å². The normalized spacial score (nSPS) is 14.8. The van der Waals surface area contributed by atoms with Gasteiger partial charge >= 0.3 is 0 Å². The van der Waals surface area contributed by atoms with Gasteiger partial charge in [-0.2, -0.15) is 0 Å². The number of nitrogens with one attached hydrogen (secondary N) is 1. The van der Waals surface area contributed by atoms with Gasteiger partial charge in [0.15, 0.2) is 0 Å². The van der Waals surface area contributed by atoms with Gasteiger partial charge in [-0.1, -0.05) is 23.2 Å². The molecule has 1 unspecified atom stereocenters. The SMILES string of the molecule is CN(C)CC(C)(O)CNc1ncc(Cl)cc1Cl. The lowest BCUT2D eigenvalue weighted by molar-refractivity contribution is 0.0459. The third-order valence-corrected chi connectivity index (χ3v) is 2.60. The highest BCUT2D eigenvalue weighted by Crippen LogP contribution is 2.22. The van der Waals surface area contributed by atoms with Crippen molar-refractivity contribution in [1.82, 2.24) is 9.88 Å². The van der Waals surface area contributed by atoms with Crippen molar-refractivity contribution in [3.63, 3.8) is 0 Å². The summed E-state index contributed by atoms with van der Waals surface area (Å²) in [6.07, 6.45) is 1.51. The Balaban J connectivity index is 2.61. The van der Waals surface area contributed by atoms with E-state index in [1.165, 1.54) is 6.20 Å². The molecule has 0 spiro atoms. The third kappa shape index (κ3) is 5.08. The summed E-state index contributed by atoms with van der Waals surface area (Å²) in [5.74, 6) is 0.523. The van der Waals surface area contributed by atoms with Crippen LogP contribution in [0.5, 0.6) is 0 Å². The first-order chi connectivity index (χ1) is 7.80. The van der Waals surface area contributed by atoms with Gasteiger partial charge in [-0.15, -0.1) is 0 Å². The van der Waals surface area contributed by atoms with Crippen molar-refractivity contribution in [2.24, 2.45) is 0 Å². The lowest BCUT2D eigenvalue weighted by Gasteiger charge is -2.27. The molecule has 0 saturated carbocycles. The zero-order valence-electron chi connectivity index (χ0n) is 10.2. The lowest BCUT2D eigenvalue weighted by Crippen LogP contribution is -2.43. The van der Waals surface area contributed by atoms with Gasteiger partial charge < -0.3 is 15.3 Å². The van der Waals surface area contributed by atoms with Crippen molar-refractivity contribution in [2.45, 2.75) is 12.5 Å². The molecule has 0 fully saturated rings. The number of hydrogen-bond donors (Lipinski definition) is 2. The molecule has 6 heteroatoms. The highest BCUT2D eigenvalue weighted by Gasteiger charge is 2.21. The number of likely N-dealkylation sites (N-methyl/N-ethyl adjacent to an activating group) is 1. The van der Waals surface area contributed by atoms with E-state index in [0.29, 0.717) is 29.0 Å². The lowest BCUT2D eigenvalue weighted by atomic mass is 10.1. The highest BCUT2D eigenvalue weighted by molar-refractivity contribution is 6.35. The van der Waals surface area contributed by atoms with Gasteiger partial charge in [-0.3, -0.25) is 0 Å². The van der Waals surface area contributed by atoms with E-state index in [4.69, 9.17) is 23.2 Å². The van der Waals surface area contributed by atoms with E-state index in [1.807, 2.05) is 19.0 Å². The molecule has 0 aliphatic heterocycles. The molecule has 1 atom stereocenters. The largest absolute Gasteiger partial charge is 0.387 e. The van der Waals surface area contributed by atoms with Gasteiger partial charge in [0.1, 0.15) is 5.82 Å². The molecule has 0 bridgehead atoms. The average Bonchev–Trinajstić information content (AvgIpc) is 2.14. The van der Waals surface area contributed by atoms with Crippen LogP contribution in [0.4, 0.5) is 5.82 Å². The summed E-state index contributed by atoms with van der Waals surface area (Å²) in [5, 5.41) is 14.0. The summed E-state index contributed by atoms with van der Waals surface area (Å²) in [6, 6.07) is 1.61. The maximum atomic E-state index is 10.1. The second-order valence-corrected chi connectivity index (χ2v) is 5.42. The van der Waals surface area contributed by atoms with Crippen LogP contribution < -0.4 is 5.32 Å². The molecular formula is C11H17Cl2N3O. The van der Waals surface area contributed by atoms with Gasteiger partial charge in [0, 0.05) is 19.3 Å². The van der Waals surface area contributed by atoms with Gasteiger partial charge in [-0.05, 0) is 27.1 Å². The summed E-state index contributed by atoms with van der Waals surface area (Å²) >= 11 is 11.7. The average molecular weight is 278 g/mol. The van der Waals surface area contributed by atoms with Gasteiger partial charge in [0.25, 0.3) is 0 Å². The summed E-state index contributed by atoms with van der Waals surface area (Å²) in [5.41, 5.74) is -0.853. The first-order valence-corrected chi connectivity index (χ1v) is 5.98. The van der Waals surface area contributed by atoms with Crippen LogP contribution in [0.3, 0.4) is 0 Å². The van der Waals surface area contributed by atoms with E-state index in [9.17, 15) is 5.11 Å². The number of anilines is 1. The van der Waals surface area contributed by atoms with E-state index in [2.05, 4.69) is 10.3 Å². The van der Waals surface area contributed by atoms with Gasteiger partial charge in [-0.25, -0.2) is 4.98 Å². The molecule has 1 aromatic heterocycles. The molecule has 17 heavy (non-hydrogen) atoms. The van der Waals surface area contributed by atoms with E-state index in [-0.39, 0.29) is 0 Å². The minimum Gasteiger partial charge on any atom is -0.387 e. The Labute approximate surface area is 112 Å². The first kappa shape index (κ1) is 14.5. The monoisotopic (exact) mass is 277 g/mol. The second-order valence-electron chi connectivity index (χ2n) is 4.57. The van der Waals surface area contributed by atoms with Crippen molar-refractivity contribution in [1.29, 1.82) is 0 Å². The van der Waals surface area contributed by atoms with Crippen LogP contribution >= 0.6 is 23.2 Å². The Morgan fingerprint density at radius 3 is 2.65 bits per heavy atom. The molecular weight excluding hydrogens is 261 g/mol. The fraction of sp³-hybridized carbons (Fsp3) is 0.545. The van der Waals surface area contributed by atoms with Crippen LogP contribution in [0.25, 0.3) is 0 Å². The van der Waals surface area contributed by atoms with E-state index >= 15 is 0 Å². The Bertz CT molecular complexity index is 383. The third-order valence-electron chi connectivity index (χ3n) is 2.10. The zero-order chi connectivity index (χ0) is 13.1. The summed E-state index contributed by atoms with van der Waals surface area (Å²) in [4.78, 5) is 5.98. The van der Waals surface area contributed by atoms with Gasteiger partial charge in [0.05, 0.1) is 15.6 Å². The highest BCUT2D eigenvalue weighted by atomic mass is 35.5. The number of aliphatic hydroxyl groups is 1. The van der Waals surface area contributed by atoms with Crippen molar-refractivity contribution in [2.75, 3.05) is 32.5 Å². The van der Waals surface area contributed by atoms with Crippen molar-refractivity contribution in [3.8, 4) is 0 Å². The molecule has 0 aliphatic rings. The molecule has 0 aliphatic carbocycles. The van der Waals surface area contributed by atoms with Crippen LogP contribution in [0.2, 0.25) is 10.0 Å². The van der Waals surface area contributed by atoms with Crippen molar-refractivity contribution >= 4 is 29.0 Å². The molecule has 2 N–H and O–H groups in total. The standard InChI is InChI=1S/C11H17Cl2N3O/c1-11(17,7-16(2)3)6-15-10-9(13)4-8(12)5-14-10/h4-5,17H,6-7H2,1-3H3,(H,14,15). The number of aromatic nitrogens is 1. The number of halogens is 2. The van der Waals surface area contributed by atoms with Crippen LogP contribution in [-0.4, -0.2) is 47.8 Å². The Morgan fingerprint density at radius 2 is 2.12 bits per heavy atom. The molecule has 1 aromatic rings. The fourth-order valence-corrected chi connectivity index (χ4v) is 2.00. The van der Waals surface area contributed by atoms with Crippen LogP contribution in [0, 0.1) is 0 Å². The smallest absolute Gasteiger partial charge is 0.144 e. The van der Waals surface area contributed by atoms with E-state index < -0.39 is 5.60 Å². The maximum Gasteiger partial charge on any atom is 0.144 e. The Morgan fingerprint density at radius 1 is 1.47 bits per heavy atom. The maximum absolute atomic E-state index is 10.1. The summed E-state index contributed by atoms with van der Waals surface area (Å²) < 4.78 is 0. The van der Waals surface area contributed by atoms with E-state index in [0.717, 1.165) is 0 Å². The zero-order valence-corrected chi connectivity index (χ0v) is 11.7. The predicted octanol–water partition coefficient (Wildman–Crippen LogP) is 2.11. The summed E-state index contributed by atoms with van der Waals surface area (Å²) in [6.45, 7) is 2.66. The molecule has 96 valence electrons. The predicted molar refractivity (Wildman–Crippen MR) is 71.9 cm³/mol. The van der Waals surface area contributed by atoms with Crippen LogP contribution in [0.15, 0.2) is 12.3 Å². The number of pyridine rings is 1. The Kier molecular flexibility index (Phi) is 5.01. The van der Waals surface area contributed by atoms with Crippen molar-refractivity contribution < 1.29 is 5.11 Å². The van der Waals surface area contributed by atoms with Crippen LogP contribution in [0.1, 0.15) is 6.92 Å². The molecule has 0 amide bonds. The quantitative estimate of drug-likeness (QED) is 0.866. The molecule has 0 saturated heterocycles. The van der Waals surface area contributed by atoms with Gasteiger partial charge in [0.2, 0.25) is 0 Å². The number of nitrogens with zero attached hydrogens (tertiary/aromatic N) is 2. The molecule has 4 nitrogen and oxygen atoms in total. The molecule has 0 radical (unpaired) electrons.